The van der Waals surface area contributed by atoms with Crippen LogP contribution < -0.4 is 10.0 Å². The summed E-state index contributed by atoms with van der Waals surface area (Å²) in [5.74, 6) is 0. The Morgan fingerprint density at radius 3 is 2.63 bits per heavy atom. The number of rotatable bonds is 8. The Balaban J connectivity index is 2.58. The van der Waals surface area contributed by atoms with Gasteiger partial charge in [0, 0.05) is 17.6 Å². The summed E-state index contributed by atoms with van der Waals surface area (Å²) in [5.41, 5.74) is 0.920. The van der Waals surface area contributed by atoms with Crippen LogP contribution in [0, 0.1) is 6.92 Å². The third-order valence-corrected chi connectivity index (χ3v) is 5.79. The highest BCUT2D eigenvalue weighted by Crippen LogP contribution is 2.18. The molecular weight excluding hydrogens is 282 g/mol. The normalized spacial score (nSPS) is 15.4. The van der Waals surface area contributed by atoms with Crippen LogP contribution in [0.5, 0.6) is 0 Å². The van der Waals surface area contributed by atoms with Crippen LogP contribution in [0.4, 0.5) is 0 Å². The van der Waals surface area contributed by atoms with E-state index in [1.807, 2.05) is 19.2 Å². The van der Waals surface area contributed by atoms with Gasteiger partial charge in [0.05, 0.1) is 11.3 Å². The summed E-state index contributed by atoms with van der Waals surface area (Å²) in [6, 6.07) is -0.280. The molecule has 0 fully saturated rings. The van der Waals surface area contributed by atoms with Crippen molar-refractivity contribution in [2.45, 2.75) is 45.4 Å². The van der Waals surface area contributed by atoms with Gasteiger partial charge in [0.15, 0.2) is 0 Å². The summed E-state index contributed by atoms with van der Waals surface area (Å²) in [6.45, 7) is 8.79. The smallest absolute Gasteiger partial charge is 0.216 e. The standard InChI is InChI=1S/C12H23N3O2S2/c1-5-6-13-7-10(3)19(16,17)15-11(4)12-14-9(2)8-18-12/h8,10-11,13,15H,5-7H2,1-4H3. The summed E-state index contributed by atoms with van der Waals surface area (Å²) in [4.78, 5) is 4.31. The summed E-state index contributed by atoms with van der Waals surface area (Å²) in [5, 5.41) is 5.39. The largest absolute Gasteiger partial charge is 0.315 e. The predicted molar refractivity (Wildman–Crippen MR) is 79.9 cm³/mol. The van der Waals surface area contributed by atoms with Crippen molar-refractivity contribution in [3.05, 3.63) is 16.1 Å². The van der Waals surface area contributed by atoms with Crippen molar-refractivity contribution in [2.75, 3.05) is 13.1 Å². The summed E-state index contributed by atoms with van der Waals surface area (Å²) < 4.78 is 27.0. The molecule has 0 amide bonds. The molecule has 7 heteroatoms. The third kappa shape index (κ3) is 5.18. The molecule has 0 aromatic carbocycles. The fraction of sp³-hybridized carbons (Fsp3) is 0.750. The van der Waals surface area contributed by atoms with Crippen molar-refractivity contribution in [1.29, 1.82) is 0 Å². The molecule has 1 heterocycles. The lowest BCUT2D eigenvalue weighted by molar-refractivity contribution is 0.544. The molecule has 0 saturated heterocycles. The van der Waals surface area contributed by atoms with Crippen molar-refractivity contribution in [1.82, 2.24) is 15.0 Å². The van der Waals surface area contributed by atoms with Gasteiger partial charge in [0.25, 0.3) is 0 Å². The number of aromatic nitrogens is 1. The van der Waals surface area contributed by atoms with E-state index in [0.29, 0.717) is 6.54 Å². The summed E-state index contributed by atoms with van der Waals surface area (Å²) in [7, 11) is -3.32. The first-order valence-corrected chi connectivity index (χ1v) is 8.93. The first-order valence-electron chi connectivity index (χ1n) is 6.50. The van der Waals surface area contributed by atoms with Gasteiger partial charge in [0.2, 0.25) is 10.0 Å². The molecule has 0 saturated carbocycles. The molecule has 0 aliphatic heterocycles. The molecule has 0 aliphatic carbocycles. The van der Waals surface area contributed by atoms with Gasteiger partial charge in [-0.1, -0.05) is 6.92 Å². The molecule has 1 aromatic rings. The zero-order valence-electron chi connectivity index (χ0n) is 11.9. The second-order valence-corrected chi connectivity index (χ2v) is 7.75. The van der Waals surface area contributed by atoms with Gasteiger partial charge >= 0.3 is 0 Å². The van der Waals surface area contributed by atoms with Gasteiger partial charge in [-0.25, -0.2) is 18.1 Å². The van der Waals surface area contributed by atoms with E-state index in [-0.39, 0.29) is 6.04 Å². The quantitative estimate of drug-likeness (QED) is 0.719. The Morgan fingerprint density at radius 1 is 1.42 bits per heavy atom. The van der Waals surface area contributed by atoms with Gasteiger partial charge < -0.3 is 5.32 Å². The molecule has 0 spiro atoms. The maximum atomic E-state index is 12.1. The Labute approximate surface area is 119 Å². The van der Waals surface area contributed by atoms with Crippen LogP contribution in [0.3, 0.4) is 0 Å². The van der Waals surface area contributed by atoms with E-state index < -0.39 is 15.3 Å². The SMILES string of the molecule is CCCNCC(C)S(=O)(=O)NC(C)c1nc(C)cs1. The lowest BCUT2D eigenvalue weighted by Crippen LogP contribution is -2.40. The zero-order valence-corrected chi connectivity index (χ0v) is 13.6. The van der Waals surface area contributed by atoms with Gasteiger partial charge in [0.1, 0.15) is 5.01 Å². The summed E-state index contributed by atoms with van der Waals surface area (Å²) >= 11 is 1.48. The Hall–Kier alpha value is -0.500. The summed E-state index contributed by atoms with van der Waals surface area (Å²) in [6.07, 6.45) is 0.995. The minimum atomic E-state index is -3.32. The number of hydrogen-bond acceptors (Lipinski definition) is 5. The highest BCUT2D eigenvalue weighted by molar-refractivity contribution is 7.90. The van der Waals surface area contributed by atoms with Crippen LogP contribution in [0.1, 0.15) is 43.9 Å². The van der Waals surface area contributed by atoms with Crippen LogP contribution in [0.25, 0.3) is 0 Å². The van der Waals surface area contributed by atoms with E-state index in [0.717, 1.165) is 23.7 Å². The highest BCUT2D eigenvalue weighted by atomic mass is 32.2. The molecule has 110 valence electrons. The maximum Gasteiger partial charge on any atom is 0.216 e. The number of sulfonamides is 1. The van der Waals surface area contributed by atoms with Crippen LogP contribution in [0.15, 0.2) is 5.38 Å². The monoisotopic (exact) mass is 305 g/mol. The van der Waals surface area contributed by atoms with Gasteiger partial charge in [-0.2, -0.15) is 0 Å². The fourth-order valence-corrected chi connectivity index (χ4v) is 3.63. The molecule has 1 rings (SSSR count). The number of thiazole rings is 1. The topological polar surface area (TPSA) is 71.1 Å². The van der Waals surface area contributed by atoms with Crippen molar-refractivity contribution in [3.63, 3.8) is 0 Å². The van der Waals surface area contributed by atoms with Gasteiger partial charge in [-0.05, 0) is 33.7 Å². The minimum absolute atomic E-state index is 0.280. The Morgan fingerprint density at radius 2 is 2.11 bits per heavy atom. The molecule has 0 radical (unpaired) electrons. The average molecular weight is 305 g/mol. The van der Waals surface area contributed by atoms with E-state index in [1.54, 1.807) is 6.92 Å². The lowest BCUT2D eigenvalue weighted by Gasteiger charge is -2.17. The molecule has 5 nitrogen and oxygen atoms in total. The number of aryl methyl sites for hydroxylation is 1. The second-order valence-electron chi connectivity index (χ2n) is 4.73. The lowest BCUT2D eigenvalue weighted by atomic mass is 10.4. The van der Waals surface area contributed by atoms with Gasteiger partial charge in [-0.3, -0.25) is 0 Å². The zero-order chi connectivity index (χ0) is 14.5. The minimum Gasteiger partial charge on any atom is -0.315 e. The van der Waals surface area contributed by atoms with Crippen molar-refractivity contribution < 1.29 is 8.42 Å². The first kappa shape index (κ1) is 16.6. The number of nitrogens with one attached hydrogen (secondary N) is 2. The fourth-order valence-electron chi connectivity index (χ4n) is 1.58. The van der Waals surface area contributed by atoms with Crippen LogP contribution in [0.2, 0.25) is 0 Å². The Kier molecular flexibility index (Phi) is 6.38. The highest BCUT2D eigenvalue weighted by Gasteiger charge is 2.24. The van der Waals surface area contributed by atoms with Crippen molar-refractivity contribution in [3.8, 4) is 0 Å². The molecule has 2 unspecified atom stereocenters. The number of hydrogen-bond donors (Lipinski definition) is 2. The Bertz CT molecular complexity index is 485. The first-order chi connectivity index (χ1) is 8.86. The van der Waals surface area contributed by atoms with E-state index in [9.17, 15) is 8.42 Å². The average Bonchev–Trinajstić information content (AvgIpc) is 2.75. The van der Waals surface area contributed by atoms with E-state index >= 15 is 0 Å². The van der Waals surface area contributed by atoms with E-state index in [4.69, 9.17) is 0 Å². The van der Waals surface area contributed by atoms with Crippen molar-refractivity contribution >= 4 is 21.4 Å². The van der Waals surface area contributed by atoms with Crippen molar-refractivity contribution in [2.24, 2.45) is 0 Å². The molecule has 1 aromatic heterocycles. The molecule has 0 bridgehead atoms. The molecule has 2 atom stereocenters. The van der Waals surface area contributed by atoms with E-state index in [2.05, 4.69) is 21.9 Å². The maximum absolute atomic E-state index is 12.1. The number of nitrogens with zero attached hydrogens (tertiary/aromatic N) is 1. The molecular formula is C12H23N3O2S2. The van der Waals surface area contributed by atoms with E-state index in [1.165, 1.54) is 11.3 Å². The van der Waals surface area contributed by atoms with Crippen LogP contribution >= 0.6 is 11.3 Å². The molecule has 19 heavy (non-hydrogen) atoms. The van der Waals surface area contributed by atoms with Gasteiger partial charge in [-0.15, -0.1) is 11.3 Å². The van der Waals surface area contributed by atoms with Crippen LogP contribution in [-0.2, 0) is 10.0 Å². The second kappa shape index (κ2) is 7.33. The van der Waals surface area contributed by atoms with Crippen LogP contribution in [-0.4, -0.2) is 31.7 Å². The predicted octanol–water partition coefficient (Wildman–Crippen LogP) is 1.82. The third-order valence-electron chi connectivity index (χ3n) is 2.74. The molecule has 0 aliphatic rings. The molecule has 2 N–H and O–H groups in total.